The summed E-state index contributed by atoms with van der Waals surface area (Å²) in [5.74, 6) is 0.692. The molecule has 2 fully saturated rings. The molecule has 0 radical (unpaired) electrons. The molecule has 0 aromatic carbocycles. The molecular weight excluding hydrogens is 278 g/mol. The first-order valence-electron chi connectivity index (χ1n) is 8.15. The predicted molar refractivity (Wildman–Crippen MR) is 84.8 cm³/mol. The zero-order valence-corrected chi connectivity index (χ0v) is 13.6. The van der Waals surface area contributed by atoms with Crippen LogP contribution in [0, 0.1) is 13.8 Å². The third-order valence-electron chi connectivity index (χ3n) is 5.18. The van der Waals surface area contributed by atoms with Crippen LogP contribution >= 0.6 is 0 Å². The van der Waals surface area contributed by atoms with Gasteiger partial charge in [0.15, 0.2) is 0 Å². The fraction of sp³-hybridized carbons (Fsp3) is 0.647. The lowest BCUT2D eigenvalue weighted by molar-refractivity contribution is 0.0365. The van der Waals surface area contributed by atoms with Crippen molar-refractivity contribution in [2.45, 2.75) is 45.1 Å². The number of rotatable bonds is 3. The Morgan fingerprint density at radius 2 is 2.09 bits per heavy atom. The van der Waals surface area contributed by atoms with E-state index in [1.54, 1.807) is 0 Å². The molecule has 0 bridgehead atoms. The van der Waals surface area contributed by atoms with E-state index < -0.39 is 0 Å². The molecule has 1 atom stereocenters. The van der Waals surface area contributed by atoms with Crippen molar-refractivity contribution in [2.24, 2.45) is 0 Å². The van der Waals surface area contributed by atoms with Crippen molar-refractivity contribution in [2.75, 3.05) is 26.2 Å². The van der Waals surface area contributed by atoms with E-state index >= 15 is 0 Å². The van der Waals surface area contributed by atoms with Gasteiger partial charge in [0.05, 0.1) is 5.69 Å². The van der Waals surface area contributed by atoms with Crippen LogP contribution in [-0.2, 0) is 0 Å². The highest BCUT2D eigenvalue weighted by molar-refractivity contribution is 5.96. The van der Waals surface area contributed by atoms with E-state index in [9.17, 15) is 4.79 Å². The van der Waals surface area contributed by atoms with Gasteiger partial charge in [-0.15, -0.1) is 6.58 Å². The van der Waals surface area contributed by atoms with Crippen LogP contribution in [0.3, 0.4) is 0 Å². The first-order valence-corrected chi connectivity index (χ1v) is 8.15. The van der Waals surface area contributed by atoms with Crippen molar-refractivity contribution in [3.8, 4) is 0 Å². The molecule has 22 heavy (non-hydrogen) atoms. The summed E-state index contributed by atoms with van der Waals surface area (Å²) >= 11 is 0. The highest BCUT2D eigenvalue weighted by Crippen LogP contribution is 2.37. The average molecular weight is 303 g/mol. The molecule has 5 heteroatoms. The minimum Gasteiger partial charge on any atom is -0.361 e. The molecule has 1 amide bonds. The second-order valence-electron chi connectivity index (χ2n) is 6.59. The summed E-state index contributed by atoms with van der Waals surface area (Å²) in [6.45, 7) is 11.2. The molecule has 2 aliphatic heterocycles. The van der Waals surface area contributed by atoms with Crippen molar-refractivity contribution in [1.82, 2.24) is 15.0 Å². The lowest BCUT2D eigenvalue weighted by Gasteiger charge is -2.45. The predicted octanol–water partition coefficient (Wildman–Crippen LogP) is 2.55. The van der Waals surface area contributed by atoms with E-state index in [1.165, 1.54) is 19.3 Å². The number of amides is 1. The molecule has 3 rings (SSSR count). The highest BCUT2D eigenvalue weighted by Gasteiger charge is 2.44. The van der Waals surface area contributed by atoms with Gasteiger partial charge in [0, 0.05) is 25.2 Å². The van der Waals surface area contributed by atoms with Crippen molar-refractivity contribution in [3.05, 3.63) is 29.7 Å². The number of piperidine rings is 1. The molecule has 1 aromatic rings. The Morgan fingerprint density at radius 1 is 1.36 bits per heavy atom. The molecule has 2 saturated heterocycles. The summed E-state index contributed by atoms with van der Waals surface area (Å²) in [7, 11) is 0. The van der Waals surface area contributed by atoms with E-state index in [-0.39, 0.29) is 11.4 Å². The van der Waals surface area contributed by atoms with Crippen molar-refractivity contribution >= 4 is 5.91 Å². The van der Waals surface area contributed by atoms with Gasteiger partial charge in [0.1, 0.15) is 11.3 Å². The van der Waals surface area contributed by atoms with Gasteiger partial charge in [-0.05, 0) is 46.1 Å². The molecule has 0 aliphatic carbocycles. The lowest BCUT2D eigenvalue weighted by atomic mass is 9.86. The van der Waals surface area contributed by atoms with Crippen LogP contribution in [0.1, 0.15) is 47.5 Å². The molecule has 2 aliphatic rings. The van der Waals surface area contributed by atoms with Gasteiger partial charge >= 0.3 is 0 Å². The van der Waals surface area contributed by atoms with Gasteiger partial charge < -0.3 is 9.42 Å². The Hall–Kier alpha value is -1.62. The van der Waals surface area contributed by atoms with Gasteiger partial charge in [-0.25, -0.2) is 0 Å². The zero-order chi connectivity index (χ0) is 15.7. The van der Waals surface area contributed by atoms with Crippen LogP contribution in [-0.4, -0.2) is 52.6 Å². The van der Waals surface area contributed by atoms with Gasteiger partial charge in [0.25, 0.3) is 5.91 Å². The van der Waals surface area contributed by atoms with Crippen LogP contribution < -0.4 is 0 Å². The fourth-order valence-electron chi connectivity index (χ4n) is 4.13. The summed E-state index contributed by atoms with van der Waals surface area (Å²) < 4.78 is 5.16. The van der Waals surface area contributed by atoms with Crippen LogP contribution in [0.2, 0.25) is 0 Å². The van der Waals surface area contributed by atoms with E-state index in [0.29, 0.717) is 17.0 Å². The average Bonchev–Trinajstić information content (AvgIpc) is 3.03. The summed E-state index contributed by atoms with van der Waals surface area (Å²) in [6.07, 6.45) is 6.59. The number of aromatic nitrogens is 1. The van der Waals surface area contributed by atoms with Crippen molar-refractivity contribution in [3.63, 3.8) is 0 Å². The lowest BCUT2D eigenvalue weighted by Crippen LogP contribution is -2.57. The van der Waals surface area contributed by atoms with Crippen LogP contribution in [0.5, 0.6) is 0 Å². The smallest absolute Gasteiger partial charge is 0.259 e. The molecule has 0 N–H and O–H groups in total. The Kier molecular flexibility index (Phi) is 4.08. The number of hydrogen-bond donors (Lipinski definition) is 0. The maximum Gasteiger partial charge on any atom is 0.259 e. The normalized spacial score (nSPS) is 25.8. The fourth-order valence-corrected chi connectivity index (χ4v) is 4.13. The number of nitrogens with zero attached hydrogens (tertiary/aromatic N) is 3. The molecule has 1 aromatic heterocycles. The van der Waals surface area contributed by atoms with E-state index in [1.807, 2.05) is 24.8 Å². The highest BCUT2D eigenvalue weighted by atomic mass is 16.5. The van der Waals surface area contributed by atoms with E-state index in [4.69, 9.17) is 4.52 Å². The quantitative estimate of drug-likeness (QED) is 0.805. The SMILES string of the molecule is C=CCN1CCCC12CCCN(C(=O)c1c(C)noc1C)C2. The second kappa shape index (κ2) is 5.88. The number of carbonyl (C=O) groups is 1. The molecule has 120 valence electrons. The monoisotopic (exact) mass is 303 g/mol. The largest absolute Gasteiger partial charge is 0.361 e. The van der Waals surface area contributed by atoms with Crippen LogP contribution in [0.15, 0.2) is 17.2 Å². The number of likely N-dealkylation sites (tertiary alicyclic amines) is 2. The van der Waals surface area contributed by atoms with Gasteiger partial charge in [0.2, 0.25) is 0 Å². The molecule has 1 unspecified atom stereocenters. The topological polar surface area (TPSA) is 49.6 Å². The third-order valence-corrected chi connectivity index (χ3v) is 5.18. The summed E-state index contributed by atoms with van der Waals surface area (Å²) in [6, 6.07) is 0. The van der Waals surface area contributed by atoms with Gasteiger partial charge in [-0.3, -0.25) is 9.69 Å². The van der Waals surface area contributed by atoms with Crippen LogP contribution in [0.4, 0.5) is 0 Å². The minimum absolute atomic E-state index is 0.0702. The standard InChI is InChI=1S/C17H25N3O2/c1-4-9-20-11-6-8-17(20)7-5-10-19(12-17)16(21)15-13(2)18-22-14(15)3/h4H,1,5-12H2,2-3H3. The first-order chi connectivity index (χ1) is 10.6. The second-order valence-corrected chi connectivity index (χ2v) is 6.59. The van der Waals surface area contributed by atoms with Crippen molar-refractivity contribution < 1.29 is 9.32 Å². The molecule has 0 saturated carbocycles. The van der Waals surface area contributed by atoms with Gasteiger partial charge in [-0.1, -0.05) is 11.2 Å². The number of aryl methyl sites for hydroxylation is 2. The molecule has 3 heterocycles. The van der Waals surface area contributed by atoms with Crippen LogP contribution in [0.25, 0.3) is 0 Å². The van der Waals surface area contributed by atoms with Gasteiger partial charge in [-0.2, -0.15) is 0 Å². The third kappa shape index (κ3) is 2.47. The Bertz CT molecular complexity index is 561. The summed E-state index contributed by atoms with van der Waals surface area (Å²) in [4.78, 5) is 17.4. The maximum atomic E-state index is 12.9. The van der Waals surface area contributed by atoms with E-state index in [2.05, 4.69) is 16.6 Å². The molecule has 5 nitrogen and oxygen atoms in total. The molecule has 1 spiro atoms. The Labute approximate surface area is 131 Å². The zero-order valence-electron chi connectivity index (χ0n) is 13.6. The van der Waals surface area contributed by atoms with E-state index in [0.717, 1.165) is 32.6 Å². The summed E-state index contributed by atoms with van der Waals surface area (Å²) in [5.41, 5.74) is 1.47. The Morgan fingerprint density at radius 3 is 2.73 bits per heavy atom. The number of carbonyl (C=O) groups excluding carboxylic acids is 1. The number of hydrogen-bond acceptors (Lipinski definition) is 4. The summed E-state index contributed by atoms with van der Waals surface area (Å²) in [5, 5.41) is 3.92. The Balaban J connectivity index is 1.81. The maximum absolute atomic E-state index is 12.9. The molecular formula is C17H25N3O2. The first kappa shape index (κ1) is 15.3. The minimum atomic E-state index is 0.0702. The van der Waals surface area contributed by atoms with Crippen molar-refractivity contribution in [1.29, 1.82) is 0 Å².